The molecule has 21 heavy (non-hydrogen) atoms. The molecule has 0 aliphatic rings. The first-order valence-electron chi connectivity index (χ1n) is 7.85. The van der Waals surface area contributed by atoms with Crippen LogP contribution < -0.4 is 5.32 Å². The molecule has 0 amide bonds. The average Bonchev–Trinajstić information content (AvgIpc) is 2.91. The molecule has 0 aliphatic heterocycles. The van der Waals surface area contributed by atoms with Gasteiger partial charge in [-0.25, -0.2) is 4.98 Å². The van der Waals surface area contributed by atoms with Gasteiger partial charge in [0.1, 0.15) is 6.33 Å². The van der Waals surface area contributed by atoms with E-state index in [0.29, 0.717) is 6.04 Å². The van der Waals surface area contributed by atoms with Crippen LogP contribution in [0.2, 0.25) is 0 Å². The largest absolute Gasteiger partial charge is 0.310 e. The minimum atomic E-state index is 0.355. The average molecular weight is 286 g/mol. The van der Waals surface area contributed by atoms with Crippen LogP contribution in [0.25, 0.3) is 0 Å². The van der Waals surface area contributed by atoms with Crippen molar-refractivity contribution in [1.82, 2.24) is 20.1 Å². The van der Waals surface area contributed by atoms with Gasteiger partial charge in [0, 0.05) is 26.1 Å². The van der Waals surface area contributed by atoms with Crippen LogP contribution in [0.4, 0.5) is 0 Å². The summed E-state index contributed by atoms with van der Waals surface area (Å²) in [6.45, 7) is 5.33. The summed E-state index contributed by atoms with van der Waals surface area (Å²) in [6, 6.07) is 9.34. The highest BCUT2D eigenvalue weighted by atomic mass is 15.3. The number of aromatic nitrogens is 3. The van der Waals surface area contributed by atoms with Gasteiger partial charge in [0.05, 0.1) is 0 Å². The molecule has 0 bridgehead atoms. The Kier molecular flexibility index (Phi) is 5.93. The lowest BCUT2D eigenvalue weighted by atomic mass is 10.0. The van der Waals surface area contributed by atoms with Crippen molar-refractivity contribution in [3.63, 3.8) is 0 Å². The van der Waals surface area contributed by atoms with E-state index < -0.39 is 0 Å². The standard InChI is InChI=1S/C17H26N4/c1-4-5-6-15-7-9-16(10-8-15)14(2)18-12-11-17-19-13-21(3)20-17/h7-10,13-14,18H,4-6,11-12H2,1-3H3. The van der Waals surface area contributed by atoms with Crippen molar-refractivity contribution in [2.75, 3.05) is 6.54 Å². The molecule has 2 rings (SSSR count). The molecule has 0 fully saturated rings. The summed E-state index contributed by atoms with van der Waals surface area (Å²) in [6.07, 6.45) is 6.31. The van der Waals surface area contributed by atoms with Crippen molar-refractivity contribution >= 4 is 0 Å². The minimum Gasteiger partial charge on any atom is -0.310 e. The zero-order valence-corrected chi connectivity index (χ0v) is 13.3. The smallest absolute Gasteiger partial charge is 0.151 e. The predicted molar refractivity (Wildman–Crippen MR) is 86.2 cm³/mol. The van der Waals surface area contributed by atoms with Gasteiger partial charge in [-0.15, -0.1) is 0 Å². The molecule has 0 saturated carbocycles. The number of hydrogen-bond donors (Lipinski definition) is 1. The summed E-state index contributed by atoms with van der Waals surface area (Å²) in [7, 11) is 1.90. The first-order valence-corrected chi connectivity index (χ1v) is 7.85. The van der Waals surface area contributed by atoms with Crippen LogP contribution in [-0.2, 0) is 19.9 Å². The van der Waals surface area contributed by atoms with E-state index in [-0.39, 0.29) is 0 Å². The number of hydrogen-bond acceptors (Lipinski definition) is 3. The van der Waals surface area contributed by atoms with Gasteiger partial charge in [0.15, 0.2) is 5.82 Å². The third-order valence-electron chi connectivity index (χ3n) is 3.74. The summed E-state index contributed by atoms with van der Waals surface area (Å²) in [5.41, 5.74) is 2.77. The fourth-order valence-electron chi connectivity index (χ4n) is 2.37. The second kappa shape index (κ2) is 7.93. The number of unbranched alkanes of at least 4 members (excludes halogenated alkanes) is 1. The van der Waals surface area contributed by atoms with E-state index >= 15 is 0 Å². The Morgan fingerprint density at radius 2 is 1.95 bits per heavy atom. The van der Waals surface area contributed by atoms with Crippen LogP contribution in [0.3, 0.4) is 0 Å². The zero-order valence-electron chi connectivity index (χ0n) is 13.3. The monoisotopic (exact) mass is 286 g/mol. The van der Waals surface area contributed by atoms with Gasteiger partial charge in [-0.05, 0) is 30.9 Å². The second-order valence-corrected chi connectivity index (χ2v) is 5.61. The Labute approximate surface area is 127 Å². The first-order chi connectivity index (χ1) is 10.2. The summed E-state index contributed by atoms with van der Waals surface area (Å²) in [4.78, 5) is 4.24. The van der Waals surface area contributed by atoms with E-state index in [1.807, 2.05) is 7.05 Å². The van der Waals surface area contributed by atoms with Crippen LogP contribution in [-0.4, -0.2) is 21.3 Å². The maximum Gasteiger partial charge on any atom is 0.151 e. The topological polar surface area (TPSA) is 42.7 Å². The van der Waals surface area contributed by atoms with E-state index in [1.165, 1.54) is 30.4 Å². The molecule has 1 N–H and O–H groups in total. The number of nitrogens with one attached hydrogen (secondary N) is 1. The van der Waals surface area contributed by atoms with Crippen LogP contribution in [0.15, 0.2) is 30.6 Å². The molecular formula is C17H26N4. The third-order valence-corrected chi connectivity index (χ3v) is 3.74. The van der Waals surface area contributed by atoms with Crippen LogP contribution in [0.5, 0.6) is 0 Å². The minimum absolute atomic E-state index is 0.355. The van der Waals surface area contributed by atoms with E-state index in [9.17, 15) is 0 Å². The zero-order chi connectivity index (χ0) is 15.1. The Bertz CT molecular complexity index is 530. The Hall–Kier alpha value is -1.68. The molecule has 2 aromatic rings. The molecule has 1 aromatic heterocycles. The molecule has 4 heteroatoms. The summed E-state index contributed by atoms with van der Waals surface area (Å²) in [5, 5.41) is 7.82. The Morgan fingerprint density at radius 3 is 2.57 bits per heavy atom. The SMILES string of the molecule is CCCCc1ccc(C(C)NCCc2ncn(C)n2)cc1. The van der Waals surface area contributed by atoms with Crippen molar-refractivity contribution in [2.24, 2.45) is 7.05 Å². The Balaban J connectivity index is 1.78. The first kappa shape index (κ1) is 15.7. The van der Waals surface area contributed by atoms with E-state index in [0.717, 1.165) is 18.8 Å². The van der Waals surface area contributed by atoms with Crippen molar-refractivity contribution in [3.8, 4) is 0 Å². The van der Waals surface area contributed by atoms with Crippen molar-refractivity contribution in [2.45, 2.75) is 45.6 Å². The normalized spacial score (nSPS) is 12.5. The van der Waals surface area contributed by atoms with Gasteiger partial charge < -0.3 is 5.32 Å². The highest BCUT2D eigenvalue weighted by Gasteiger charge is 2.05. The molecule has 114 valence electrons. The lowest BCUT2D eigenvalue weighted by molar-refractivity contribution is 0.568. The fraction of sp³-hybridized carbons (Fsp3) is 0.529. The number of benzene rings is 1. The number of aryl methyl sites for hydroxylation is 2. The molecule has 0 aliphatic carbocycles. The predicted octanol–water partition coefficient (Wildman–Crippen LogP) is 3.05. The molecule has 0 spiro atoms. The van der Waals surface area contributed by atoms with Gasteiger partial charge in [0.2, 0.25) is 0 Å². The third kappa shape index (κ3) is 4.97. The molecule has 1 unspecified atom stereocenters. The van der Waals surface area contributed by atoms with Crippen LogP contribution in [0.1, 0.15) is 49.7 Å². The van der Waals surface area contributed by atoms with E-state index in [4.69, 9.17) is 0 Å². The number of nitrogens with zero attached hydrogens (tertiary/aromatic N) is 3. The molecule has 1 aromatic carbocycles. The highest BCUT2D eigenvalue weighted by Crippen LogP contribution is 2.14. The van der Waals surface area contributed by atoms with E-state index in [2.05, 4.69) is 53.5 Å². The van der Waals surface area contributed by atoms with Crippen molar-refractivity contribution in [3.05, 3.63) is 47.5 Å². The van der Waals surface area contributed by atoms with Gasteiger partial charge in [0.25, 0.3) is 0 Å². The molecule has 0 radical (unpaired) electrons. The molecular weight excluding hydrogens is 260 g/mol. The van der Waals surface area contributed by atoms with Gasteiger partial charge in [-0.2, -0.15) is 5.10 Å². The maximum absolute atomic E-state index is 4.29. The second-order valence-electron chi connectivity index (χ2n) is 5.61. The molecule has 0 saturated heterocycles. The van der Waals surface area contributed by atoms with E-state index in [1.54, 1.807) is 11.0 Å². The fourth-order valence-corrected chi connectivity index (χ4v) is 2.37. The maximum atomic E-state index is 4.29. The van der Waals surface area contributed by atoms with Crippen LogP contribution in [0, 0.1) is 0 Å². The van der Waals surface area contributed by atoms with Crippen molar-refractivity contribution in [1.29, 1.82) is 0 Å². The Morgan fingerprint density at radius 1 is 1.19 bits per heavy atom. The highest BCUT2D eigenvalue weighted by molar-refractivity contribution is 5.24. The lowest BCUT2D eigenvalue weighted by Crippen LogP contribution is -2.21. The van der Waals surface area contributed by atoms with Gasteiger partial charge >= 0.3 is 0 Å². The summed E-state index contributed by atoms with van der Waals surface area (Å²) in [5.74, 6) is 0.895. The summed E-state index contributed by atoms with van der Waals surface area (Å²) >= 11 is 0. The number of rotatable bonds is 8. The molecule has 1 atom stereocenters. The van der Waals surface area contributed by atoms with Gasteiger partial charge in [-0.3, -0.25) is 4.68 Å². The lowest BCUT2D eigenvalue weighted by Gasteiger charge is -2.14. The van der Waals surface area contributed by atoms with Crippen LogP contribution >= 0.6 is 0 Å². The quantitative estimate of drug-likeness (QED) is 0.811. The molecule has 4 nitrogen and oxygen atoms in total. The van der Waals surface area contributed by atoms with Gasteiger partial charge in [-0.1, -0.05) is 37.6 Å². The summed E-state index contributed by atoms with van der Waals surface area (Å²) < 4.78 is 1.74. The molecule has 1 heterocycles. The van der Waals surface area contributed by atoms with Crippen molar-refractivity contribution < 1.29 is 0 Å².